The third kappa shape index (κ3) is 2.94. The number of halogens is 1. The average Bonchev–Trinajstić information content (AvgIpc) is 2.81. The van der Waals surface area contributed by atoms with Gasteiger partial charge in [0.25, 0.3) is 0 Å². The summed E-state index contributed by atoms with van der Waals surface area (Å²) in [6.07, 6.45) is 5.16. The van der Waals surface area contributed by atoms with Crippen molar-refractivity contribution in [2.75, 3.05) is 17.3 Å². The molecule has 2 rings (SSSR count). The molecule has 4 nitrogen and oxygen atoms in total. The van der Waals surface area contributed by atoms with Gasteiger partial charge in [-0.1, -0.05) is 0 Å². The molecule has 1 aliphatic carbocycles. The lowest BCUT2D eigenvalue weighted by Crippen LogP contribution is -2.19. The Kier molecular flexibility index (Phi) is 4.19. The van der Waals surface area contributed by atoms with Gasteiger partial charge in [-0.15, -0.1) is 0 Å². The SMILES string of the molecule is CSC1CCC(Nc2ccc(F)c(N)c2C(=O)O)C1. The molecule has 1 aromatic rings. The van der Waals surface area contributed by atoms with E-state index in [1.807, 2.05) is 11.8 Å². The van der Waals surface area contributed by atoms with Gasteiger partial charge in [-0.2, -0.15) is 11.8 Å². The summed E-state index contributed by atoms with van der Waals surface area (Å²) in [5.74, 6) is -1.91. The van der Waals surface area contributed by atoms with E-state index in [2.05, 4.69) is 11.6 Å². The summed E-state index contributed by atoms with van der Waals surface area (Å²) in [6.45, 7) is 0. The molecule has 6 heteroatoms. The summed E-state index contributed by atoms with van der Waals surface area (Å²) in [4.78, 5) is 11.2. The topological polar surface area (TPSA) is 75.3 Å². The molecule has 0 heterocycles. The van der Waals surface area contributed by atoms with Gasteiger partial charge in [0.2, 0.25) is 0 Å². The van der Waals surface area contributed by atoms with Gasteiger partial charge in [-0.25, -0.2) is 9.18 Å². The molecule has 2 atom stereocenters. The Bertz CT molecular complexity index is 496. The molecule has 0 aromatic heterocycles. The minimum atomic E-state index is -1.21. The van der Waals surface area contributed by atoms with Crippen LogP contribution in [0.2, 0.25) is 0 Å². The van der Waals surface area contributed by atoms with Gasteiger partial charge in [-0.3, -0.25) is 0 Å². The smallest absolute Gasteiger partial charge is 0.340 e. The second-order valence-corrected chi connectivity index (χ2v) is 5.84. The van der Waals surface area contributed by atoms with Crippen LogP contribution >= 0.6 is 11.8 Å². The van der Waals surface area contributed by atoms with Gasteiger partial charge in [0.15, 0.2) is 0 Å². The normalized spacial score (nSPS) is 22.4. The fraction of sp³-hybridized carbons (Fsp3) is 0.462. The third-order valence-electron chi connectivity index (χ3n) is 3.48. The van der Waals surface area contributed by atoms with E-state index in [1.165, 1.54) is 12.1 Å². The first-order chi connectivity index (χ1) is 9.02. The Balaban J connectivity index is 2.21. The number of carboxylic acids is 1. The minimum Gasteiger partial charge on any atom is -0.478 e. The van der Waals surface area contributed by atoms with Crippen molar-refractivity contribution in [2.24, 2.45) is 0 Å². The van der Waals surface area contributed by atoms with E-state index in [0.717, 1.165) is 19.3 Å². The maximum atomic E-state index is 13.3. The summed E-state index contributed by atoms with van der Waals surface area (Å²) in [5.41, 5.74) is 5.43. The van der Waals surface area contributed by atoms with Crippen LogP contribution in [0, 0.1) is 5.82 Å². The van der Waals surface area contributed by atoms with E-state index in [9.17, 15) is 9.18 Å². The second kappa shape index (κ2) is 5.69. The van der Waals surface area contributed by atoms with Gasteiger partial charge < -0.3 is 16.2 Å². The van der Waals surface area contributed by atoms with Gasteiger partial charge in [0.1, 0.15) is 11.4 Å². The van der Waals surface area contributed by atoms with Gasteiger partial charge in [-0.05, 0) is 37.7 Å². The molecule has 1 fully saturated rings. The van der Waals surface area contributed by atoms with Crippen LogP contribution in [0.25, 0.3) is 0 Å². The summed E-state index contributed by atoms with van der Waals surface area (Å²) < 4.78 is 13.3. The van der Waals surface area contributed by atoms with Crippen LogP contribution in [0.4, 0.5) is 15.8 Å². The number of anilines is 2. The van der Waals surface area contributed by atoms with Crippen molar-refractivity contribution in [3.8, 4) is 0 Å². The molecule has 0 aliphatic heterocycles. The van der Waals surface area contributed by atoms with Crippen LogP contribution in [0.15, 0.2) is 12.1 Å². The van der Waals surface area contributed by atoms with Crippen molar-refractivity contribution < 1.29 is 14.3 Å². The van der Waals surface area contributed by atoms with Gasteiger partial charge in [0.05, 0.1) is 11.4 Å². The Morgan fingerprint density at radius 2 is 2.26 bits per heavy atom. The molecule has 1 saturated carbocycles. The van der Waals surface area contributed by atoms with Crippen molar-refractivity contribution >= 4 is 29.1 Å². The number of nitrogen functional groups attached to an aromatic ring is 1. The highest BCUT2D eigenvalue weighted by Crippen LogP contribution is 2.32. The maximum Gasteiger partial charge on any atom is 0.340 e. The molecule has 19 heavy (non-hydrogen) atoms. The van der Waals surface area contributed by atoms with Gasteiger partial charge >= 0.3 is 5.97 Å². The summed E-state index contributed by atoms with van der Waals surface area (Å²) in [7, 11) is 0. The molecule has 2 unspecified atom stereocenters. The predicted molar refractivity (Wildman–Crippen MR) is 76.3 cm³/mol. The lowest BCUT2D eigenvalue weighted by atomic mass is 10.1. The number of thioether (sulfide) groups is 1. The van der Waals surface area contributed by atoms with Crippen molar-refractivity contribution in [3.63, 3.8) is 0 Å². The number of carboxylic acid groups (broad SMARTS) is 1. The number of benzene rings is 1. The molecule has 0 radical (unpaired) electrons. The third-order valence-corrected chi connectivity index (χ3v) is 4.58. The van der Waals surface area contributed by atoms with Crippen LogP contribution in [0.3, 0.4) is 0 Å². The number of nitrogens with one attached hydrogen (secondary N) is 1. The largest absolute Gasteiger partial charge is 0.478 e. The monoisotopic (exact) mass is 284 g/mol. The molecule has 104 valence electrons. The molecule has 0 amide bonds. The lowest BCUT2D eigenvalue weighted by Gasteiger charge is -2.17. The number of carbonyl (C=O) groups is 1. The molecule has 4 N–H and O–H groups in total. The van der Waals surface area contributed by atoms with Crippen LogP contribution < -0.4 is 11.1 Å². The Morgan fingerprint density at radius 1 is 1.53 bits per heavy atom. The van der Waals surface area contributed by atoms with E-state index < -0.39 is 11.8 Å². The first kappa shape index (κ1) is 14.0. The molecule has 0 spiro atoms. The van der Waals surface area contributed by atoms with Crippen molar-refractivity contribution in [1.29, 1.82) is 0 Å². The molecule has 0 saturated heterocycles. The second-order valence-electron chi connectivity index (χ2n) is 4.70. The Hall–Kier alpha value is -1.43. The Labute approximate surface area is 115 Å². The van der Waals surface area contributed by atoms with Crippen molar-refractivity contribution in [1.82, 2.24) is 0 Å². The van der Waals surface area contributed by atoms with Crippen LogP contribution in [0.5, 0.6) is 0 Å². The number of nitrogens with two attached hydrogens (primary N) is 1. The van der Waals surface area contributed by atoms with Crippen molar-refractivity contribution in [3.05, 3.63) is 23.5 Å². The van der Waals surface area contributed by atoms with E-state index >= 15 is 0 Å². The predicted octanol–water partition coefficient (Wildman–Crippen LogP) is 2.80. The maximum absolute atomic E-state index is 13.3. The Morgan fingerprint density at radius 3 is 2.84 bits per heavy atom. The summed E-state index contributed by atoms with van der Waals surface area (Å²) in [6, 6.07) is 2.87. The quantitative estimate of drug-likeness (QED) is 0.741. The van der Waals surface area contributed by atoms with Crippen LogP contribution in [0.1, 0.15) is 29.6 Å². The highest BCUT2D eigenvalue weighted by molar-refractivity contribution is 7.99. The van der Waals surface area contributed by atoms with Crippen LogP contribution in [-0.4, -0.2) is 28.6 Å². The fourth-order valence-corrected chi connectivity index (χ4v) is 3.25. The number of hydrogen-bond donors (Lipinski definition) is 3. The molecule has 1 aromatic carbocycles. The molecule has 0 bridgehead atoms. The van der Waals surface area contributed by atoms with E-state index in [0.29, 0.717) is 10.9 Å². The molecule has 1 aliphatic rings. The first-order valence-corrected chi connectivity index (χ1v) is 7.42. The number of rotatable bonds is 4. The highest BCUT2D eigenvalue weighted by Gasteiger charge is 2.26. The molecular weight excluding hydrogens is 267 g/mol. The van der Waals surface area contributed by atoms with E-state index in [1.54, 1.807) is 0 Å². The van der Waals surface area contributed by atoms with E-state index in [-0.39, 0.29) is 17.3 Å². The summed E-state index contributed by atoms with van der Waals surface area (Å²) >= 11 is 1.82. The summed E-state index contributed by atoms with van der Waals surface area (Å²) in [5, 5.41) is 12.9. The lowest BCUT2D eigenvalue weighted by molar-refractivity contribution is 0.0698. The van der Waals surface area contributed by atoms with Crippen LogP contribution in [-0.2, 0) is 0 Å². The first-order valence-electron chi connectivity index (χ1n) is 6.13. The fourth-order valence-electron chi connectivity index (χ4n) is 2.45. The number of hydrogen-bond acceptors (Lipinski definition) is 4. The standard InChI is InChI=1S/C13H17FN2O2S/c1-19-8-3-2-7(6-8)16-10-5-4-9(14)12(15)11(10)13(17)18/h4-5,7-8,16H,2-3,6,15H2,1H3,(H,17,18). The van der Waals surface area contributed by atoms with E-state index in [4.69, 9.17) is 10.8 Å². The zero-order valence-electron chi connectivity index (χ0n) is 10.6. The number of aromatic carboxylic acids is 1. The zero-order valence-corrected chi connectivity index (χ0v) is 11.5. The van der Waals surface area contributed by atoms with Gasteiger partial charge in [0, 0.05) is 11.3 Å². The zero-order chi connectivity index (χ0) is 14.0. The highest BCUT2D eigenvalue weighted by atomic mass is 32.2. The van der Waals surface area contributed by atoms with Crippen molar-refractivity contribution in [2.45, 2.75) is 30.6 Å². The average molecular weight is 284 g/mol. The molecular formula is C13H17FN2O2S. The minimum absolute atomic E-state index is 0.174.